The van der Waals surface area contributed by atoms with Crippen molar-refractivity contribution in [2.24, 2.45) is 0 Å². The highest BCUT2D eigenvalue weighted by Crippen LogP contribution is 2.14. The van der Waals surface area contributed by atoms with Crippen LogP contribution in [0.5, 0.6) is 0 Å². The zero-order valence-corrected chi connectivity index (χ0v) is 10.8. The van der Waals surface area contributed by atoms with Crippen LogP contribution in [0.4, 0.5) is 0 Å². The lowest BCUT2D eigenvalue weighted by molar-refractivity contribution is 0.492. The van der Waals surface area contributed by atoms with E-state index in [0.29, 0.717) is 4.77 Å². The quantitative estimate of drug-likeness (QED) is 0.734. The molecule has 0 aliphatic heterocycles. The molecule has 0 fully saturated rings. The lowest BCUT2D eigenvalue weighted by Gasteiger charge is -2.02. The van der Waals surface area contributed by atoms with Crippen molar-refractivity contribution in [3.05, 3.63) is 46.8 Å². The predicted octanol–water partition coefficient (Wildman–Crippen LogP) is 3.24. The maximum absolute atomic E-state index is 5.33. The molecular weight excluding hydrogens is 246 g/mol. The summed E-state index contributed by atoms with van der Waals surface area (Å²) in [5, 5.41) is 0. The number of nitrogens with one attached hydrogen (secondary N) is 1. The predicted molar refractivity (Wildman–Crippen MR) is 72.1 cm³/mol. The molecule has 0 aliphatic rings. The first-order chi connectivity index (χ1) is 8.74. The first-order valence-corrected chi connectivity index (χ1v) is 6.22. The Labute approximate surface area is 109 Å². The van der Waals surface area contributed by atoms with Crippen LogP contribution in [0.3, 0.4) is 0 Å². The number of aromatic nitrogens is 3. The van der Waals surface area contributed by atoms with Gasteiger partial charge in [0.15, 0.2) is 10.4 Å². The van der Waals surface area contributed by atoms with Gasteiger partial charge in [-0.25, -0.2) is 4.98 Å². The van der Waals surface area contributed by atoms with Crippen LogP contribution in [0, 0.1) is 11.7 Å². The number of pyridine rings is 1. The van der Waals surface area contributed by atoms with E-state index in [1.54, 1.807) is 6.26 Å². The van der Waals surface area contributed by atoms with Gasteiger partial charge in [0.05, 0.1) is 11.8 Å². The Bertz CT molecular complexity index is 724. The molecule has 0 saturated heterocycles. The van der Waals surface area contributed by atoms with E-state index in [1.807, 2.05) is 29.8 Å². The van der Waals surface area contributed by atoms with Crippen LogP contribution in [0.1, 0.15) is 11.3 Å². The number of aryl methyl sites for hydroxylation is 3. The second kappa shape index (κ2) is 4.42. The van der Waals surface area contributed by atoms with E-state index in [2.05, 4.69) is 16.0 Å². The van der Waals surface area contributed by atoms with E-state index in [0.717, 1.165) is 35.5 Å². The van der Waals surface area contributed by atoms with Crippen molar-refractivity contribution in [2.45, 2.75) is 19.9 Å². The summed E-state index contributed by atoms with van der Waals surface area (Å²) in [5.74, 6) is 0.957. The largest absolute Gasteiger partial charge is 0.469 e. The van der Waals surface area contributed by atoms with Crippen molar-refractivity contribution in [2.75, 3.05) is 0 Å². The lowest BCUT2D eigenvalue weighted by Crippen LogP contribution is -2.01. The normalized spacial score (nSPS) is 11.2. The Hall–Kier alpha value is -1.88. The minimum Gasteiger partial charge on any atom is -0.469 e. The van der Waals surface area contributed by atoms with Crippen LogP contribution in [-0.4, -0.2) is 14.5 Å². The van der Waals surface area contributed by atoms with Gasteiger partial charge in [-0.1, -0.05) is 0 Å². The second-order valence-electron chi connectivity index (χ2n) is 4.29. The van der Waals surface area contributed by atoms with E-state index >= 15 is 0 Å². The standard InChI is InChI=1S/C13H13N3OS/c1-9-7-11-12(14-8-9)16(13(18)15-11)5-4-10-3-2-6-17-10/h2-3,6-8H,4-5H2,1H3,(H,15,18). The summed E-state index contributed by atoms with van der Waals surface area (Å²) >= 11 is 5.33. The molecule has 0 aliphatic carbocycles. The highest BCUT2D eigenvalue weighted by atomic mass is 32.1. The van der Waals surface area contributed by atoms with E-state index in [-0.39, 0.29) is 0 Å². The van der Waals surface area contributed by atoms with Crippen LogP contribution in [0.25, 0.3) is 11.2 Å². The van der Waals surface area contributed by atoms with E-state index in [4.69, 9.17) is 16.6 Å². The van der Waals surface area contributed by atoms with Gasteiger partial charge in [0.1, 0.15) is 5.76 Å². The summed E-state index contributed by atoms with van der Waals surface area (Å²) in [6.45, 7) is 2.78. The van der Waals surface area contributed by atoms with Crippen LogP contribution in [-0.2, 0) is 13.0 Å². The van der Waals surface area contributed by atoms with Crippen molar-refractivity contribution < 1.29 is 4.42 Å². The second-order valence-corrected chi connectivity index (χ2v) is 4.68. The number of aromatic amines is 1. The molecule has 0 amide bonds. The smallest absolute Gasteiger partial charge is 0.179 e. The third-order valence-electron chi connectivity index (χ3n) is 2.91. The topological polar surface area (TPSA) is 46.8 Å². The molecule has 0 atom stereocenters. The Morgan fingerprint density at radius 1 is 1.50 bits per heavy atom. The summed E-state index contributed by atoms with van der Waals surface area (Å²) in [6, 6.07) is 5.92. The molecule has 0 saturated carbocycles. The SMILES string of the molecule is Cc1cnc2c(c1)[nH]c(=S)n2CCc1ccco1. The molecule has 1 N–H and O–H groups in total. The minimum atomic E-state index is 0.703. The van der Waals surface area contributed by atoms with Crippen LogP contribution < -0.4 is 0 Å². The summed E-state index contributed by atoms with van der Waals surface area (Å²) in [5.41, 5.74) is 3.01. The molecule has 0 bridgehead atoms. The Morgan fingerprint density at radius 3 is 3.17 bits per heavy atom. The zero-order valence-electron chi connectivity index (χ0n) is 10.0. The first-order valence-electron chi connectivity index (χ1n) is 5.81. The summed E-state index contributed by atoms with van der Waals surface area (Å²) in [7, 11) is 0. The summed E-state index contributed by atoms with van der Waals surface area (Å²) in [6.07, 6.45) is 4.35. The molecule has 3 heterocycles. The van der Waals surface area contributed by atoms with Crippen molar-refractivity contribution in [3.8, 4) is 0 Å². The fourth-order valence-corrected chi connectivity index (χ4v) is 2.32. The molecule has 0 unspecified atom stereocenters. The molecule has 3 aromatic heterocycles. The molecule has 0 radical (unpaired) electrons. The maximum atomic E-state index is 5.33. The van der Waals surface area contributed by atoms with Crippen LogP contribution >= 0.6 is 12.2 Å². The molecule has 18 heavy (non-hydrogen) atoms. The number of imidazole rings is 1. The fraction of sp³-hybridized carbons (Fsp3) is 0.231. The summed E-state index contributed by atoms with van der Waals surface area (Å²) < 4.78 is 8.03. The van der Waals surface area contributed by atoms with Gasteiger partial charge in [-0.15, -0.1) is 0 Å². The van der Waals surface area contributed by atoms with Gasteiger partial charge >= 0.3 is 0 Å². The number of hydrogen-bond donors (Lipinski definition) is 1. The third kappa shape index (κ3) is 1.97. The van der Waals surface area contributed by atoms with Gasteiger partial charge in [-0.05, 0) is 42.9 Å². The van der Waals surface area contributed by atoms with Gasteiger partial charge < -0.3 is 14.0 Å². The molecule has 92 valence electrons. The number of hydrogen-bond acceptors (Lipinski definition) is 3. The Morgan fingerprint density at radius 2 is 2.39 bits per heavy atom. The van der Waals surface area contributed by atoms with E-state index in [9.17, 15) is 0 Å². The highest BCUT2D eigenvalue weighted by Gasteiger charge is 2.06. The Balaban J connectivity index is 1.96. The number of rotatable bonds is 3. The number of H-pyrrole nitrogens is 1. The zero-order chi connectivity index (χ0) is 12.5. The van der Waals surface area contributed by atoms with Gasteiger partial charge in [0, 0.05) is 19.2 Å². The maximum Gasteiger partial charge on any atom is 0.179 e. The van der Waals surface area contributed by atoms with Crippen molar-refractivity contribution in [1.82, 2.24) is 14.5 Å². The van der Waals surface area contributed by atoms with Gasteiger partial charge in [0.25, 0.3) is 0 Å². The lowest BCUT2D eigenvalue weighted by atomic mass is 10.3. The van der Waals surface area contributed by atoms with Crippen LogP contribution in [0.15, 0.2) is 35.1 Å². The van der Waals surface area contributed by atoms with Gasteiger partial charge in [-0.2, -0.15) is 0 Å². The average Bonchev–Trinajstić information content (AvgIpc) is 2.93. The number of furan rings is 1. The number of nitrogens with zero attached hydrogens (tertiary/aromatic N) is 2. The molecular formula is C13H13N3OS. The van der Waals surface area contributed by atoms with Crippen molar-refractivity contribution in [1.29, 1.82) is 0 Å². The van der Waals surface area contributed by atoms with Crippen molar-refractivity contribution in [3.63, 3.8) is 0 Å². The molecule has 3 aromatic rings. The number of fused-ring (bicyclic) bond motifs is 1. The molecule has 3 rings (SSSR count). The molecule has 4 nitrogen and oxygen atoms in total. The van der Waals surface area contributed by atoms with E-state index in [1.165, 1.54) is 0 Å². The third-order valence-corrected chi connectivity index (χ3v) is 3.23. The average molecular weight is 259 g/mol. The fourth-order valence-electron chi connectivity index (χ4n) is 2.03. The summed E-state index contributed by atoms with van der Waals surface area (Å²) in [4.78, 5) is 7.62. The monoisotopic (exact) mass is 259 g/mol. The van der Waals surface area contributed by atoms with E-state index < -0.39 is 0 Å². The minimum absolute atomic E-state index is 0.703. The first kappa shape index (κ1) is 11.2. The highest BCUT2D eigenvalue weighted by molar-refractivity contribution is 7.71. The molecule has 0 spiro atoms. The molecule has 5 heteroatoms. The molecule has 0 aromatic carbocycles. The van der Waals surface area contributed by atoms with Crippen molar-refractivity contribution >= 4 is 23.4 Å². The Kier molecular flexibility index (Phi) is 2.76. The van der Waals surface area contributed by atoms with Crippen LogP contribution in [0.2, 0.25) is 0 Å². The van der Waals surface area contributed by atoms with Gasteiger partial charge in [-0.3, -0.25) is 0 Å². The van der Waals surface area contributed by atoms with Gasteiger partial charge in [0.2, 0.25) is 0 Å².